The summed E-state index contributed by atoms with van der Waals surface area (Å²) in [5.74, 6) is -0.689. The van der Waals surface area contributed by atoms with Gasteiger partial charge in [-0.2, -0.15) is 0 Å². The molecule has 0 fully saturated rings. The van der Waals surface area contributed by atoms with Gasteiger partial charge >= 0.3 is 13.8 Å². The lowest BCUT2D eigenvalue weighted by atomic mass is 10.1. The molecule has 0 aromatic carbocycles. The zero-order valence-corrected chi connectivity index (χ0v) is 16.8. The van der Waals surface area contributed by atoms with Crippen molar-refractivity contribution in [3.63, 3.8) is 0 Å². The van der Waals surface area contributed by atoms with Crippen LogP contribution in [0.15, 0.2) is 12.2 Å². The second-order valence-electron chi connectivity index (χ2n) is 6.42. The molecule has 0 aliphatic heterocycles. The van der Waals surface area contributed by atoms with Crippen LogP contribution in [0.5, 0.6) is 0 Å². The van der Waals surface area contributed by atoms with E-state index in [0.29, 0.717) is 6.42 Å². The molecular weight excluding hydrogens is 359 g/mol. The van der Waals surface area contributed by atoms with E-state index < -0.39 is 13.8 Å². The molecule has 0 aromatic heterocycles. The van der Waals surface area contributed by atoms with Gasteiger partial charge in [-0.3, -0.25) is 4.79 Å². The van der Waals surface area contributed by atoms with Crippen LogP contribution in [0.2, 0.25) is 0 Å². The Hall–Kier alpha value is -0.720. The van der Waals surface area contributed by atoms with Crippen molar-refractivity contribution in [2.75, 3.05) is 0 Å². The van der Waals surface area contributed by atoms with E-state index in [1.165, 1.54) is 25.7 Å². The van der Waals surface area contributed by atoms with Gasteiger partial charge < -0.3 is 24.9 Å². The highest BCUT2D eigenvalue weighted by molar-refractivity contribution is 7.45. The molecule has 0 aliphatic rings. The first-order valence-corrected chi connectivity index (χ1v) is 11.1. The van der Waals surface area contributed by atoms with Crippen molar-refractivity contribution in [2.24, 2.45) is 0 Å². The van der Waals surface area contributed by atoms with E-state index in [2.05, 4.69) is 19.1 Å². The van der Waals surface area contributed by atoms with Crippen LogP contribution in [-0.2, 0) is 9.36 Å². The lowest BCUT2D eigenvalue weighted by Gasteiger charge is -2.07. The predicted molar refractivity (Wildman–Crippen MR) is 103 cm³/mol. The summed E-state index contributed by atoms with van der Waals surface area (Å²) >= 11 is 0. The first kappa shape index (κ1) is 27.5. The molecular formula is C18H37O7P. The highest BCUT2D eigenvalue weighted by Crippen LogP contribution is 2.25. The van der Waals surface area contributed by atoms with Gasteiger partial charge in [0.1, 0.15) is 0 Å². The number of aliphatic hydroxyl groups excluding tert-OH is 1. The van der Waals surface area contributed by atoms with E-state index in [0.717, 1.165) is 51.4 Å². The number of hydrogen-bond acceptors (Lipinski definition) is 3. The molecule has 7 nitrogen and oxygen atoms in total. The van der Waals surface area contributed by atoms with E-state index in [9.17, 15) is 9.90 Å². The molecule has 0 rings (SSSR count). The molecule has 26 heavy (non-hydrogen) atoms. The number of unbranched alkanes of at least 4 members (excludes halogenated alkanes) is 8. The summed E-state index contributed by atoms with van der Waals surface area (Å²) in [6.45, 7) is 2.20. The topological polar surface area (TPSA) is 135 Å². The number of aliphatic carboxylic acids is 1. The van der Waals surface area contributed by atoms with Crippen molar-refractivity contribution in [1.82, 2.24) is 0 Å². The molecule has 0 unspecified atom stereocenters. The van der Waals surface area contributed by atoms with E-state index in [1.807, 2.05) is 0 Å². The average Bonchev–Trinajstić information content (AvgIpc) is 2.51. The van der Waals surface area contributed by atoms with Crippen LogP contribution in [0, 0.1) is 0 Å². The second kappa shape index (κ2) is 19.1. The number of carbonyl (C=O) groups is 1. The smallest absolute Gasteiger partial charge is 0.466 e. The SMILES string of the molecule is CCCCCC[C@@H](O)C/C=C\CCCCCCCC(=O)O.O=P(O)(O)O. The van der Waals surface area contributed by atoms with Crippen LogP contribution >= 0.6 is 7.82 Å². The molecule has 0 spiro atoms. The van der Waals surface area contributed by atoms with Crippen LogP contribution in [0.1, 0.15) is 90.4 Å². The zero-order valence-electron chi connectivity index (χ0n) is 15.9. The third-order valence-corrected chi connectivity index (χ3v) is 3.73. The Morgan fingerprint density at radius 2 is 1.46 bits per heavy atom. The van der Waals surface area contributed by atoms with Gasteiger partial charge in [0.2, 0.25) is 0 Å². The summed E-state index contributed by atoms with van der Waals surface area (Å²) in [6, 6.07) is 0. The Morgan fingerprint density at radius 1 is 0.923 bits per heavy atom. The van der Waals surface area contributed by atoms with Crippen LogP contribution in [0.3, 0.4) is 0 Å². The number of hydrogen-bond donors (Lipinski definition) is 5. The summed E-state index contributed by atoms with van der Waals surface area (Å²) in [6.07, 6.45) is 17.4. The molecule has 8 heteroatoms. The molecule has 5 N–H and O–H groups in total. The van der Waals surface area contributed by atoms with Gasteiger partial charge in [-0.15, -0.1) is 0 Å². The van der Waals surface area contributed by atoms with E-state index >= 15 is 0 Å². The highest BCUT2D eigenvalue weighted by atomic mass is 31.2. The second-order valence-corrected chi connectivity index (χ2v) is 7.45. The van der Waals surface area contributed by atoms with Crippen LogP contribution < -0.4 is 0 Å². The quantitative estimate of drug-likeness (QED) is 0.159. The highest BCUT2D eigenvalue weighted by Gasteiger charge is 2.01. The summed E-state index contributed by atoms with van der Waals surface area (Å²) < 4.78 is 8.88. The van der Waals surface area contributed by atoms with Gasteiger partial charge in [-0.05, 0) is 32.1 Å². The van der Waals surface area contributed by atoms with Gasteiger partial charge in [0, 0.05) is 6.42 Å². The molecule has 0 heterocycles. The third kappa shape index (κ3) is 34.6. The van der Waals surface area contributed by atoms with Crippen molar-refractivity contribution >= 4 is 13.8 Å². The molecule has 0 saturated heterocycles. The van der Waals surface area contributed by atoms with Crippen molar-refractivity contribution in [3.05, 3.63) is 12.2 Å². The summed E-state index contributed by atoms with van der Waals surface area (Å²) in [5, 5.41) is 18.3. The molecule has 1 atom stereocenters. The Labute approximate surface area is 157 Å². The fourth-order valence-corrected chi connectivity index (χ4v) is 2.36. The number of carboxylic acids is 1. The predicted octanol–water partition coefficient (Wildman–Crippen LogP) is 4.15. The molecule has 0 aromatic rings. The van der Waals surface area contributed by atoms with Gasteiger partial charge in [0.25, 0.3) is 0 Å². The van der Waals surface area contributed by atoms with Gasteiger partial charge in [0.05, 0.1) is 6.10 Å². The minimum absolute atomic E-state index is 0.172. The number of rotatable bonds is 15. The lowest BCUT2D eigenvalue weighted by Crippen LogP contribution is -2.04. The van der Waals surface area contributed by atoms with Crippen molar-refractivity contribution in [3.8, 4) is 0 Å². The molecule has 0 aliphatic carbocycles. The van der Waals surface area contributed by atoms with Gasteiger partial charge in [-0.1, -0.05) is 64.0 Å². The Bertz CT molecular complexity index is 385. The third-order valence-electron chi connectivity index (χ3n) is 3.73. The summed E-state index contributed by atoms with van der Waals surface area (Å²) in [5.41, 5.74) is 0. The first-order valence-electron chi connectivity index (χ1n) is 9.50. The molecule has 0 bridgehead atoms. The van der Waals surface area contributed by atoms with Crippen LogP contribution in [-0.4, -0.2) is 37.0 Å². The maximum Gasteiger partial charge on any atom is 0.466 e. The van der Waals surface area contributed by atoms with Gasteiger partial charge in [0.15, 0.2) is 0 Å². The number of phosphoric acid groups is 1. The number of aliphatic hydroxyl groups is 1. The normalized spacial score (nSPS) is 12.7. The minimum atomic E-state index is -4.64. The first-order chi connectivity index (χ1) is 12.2. The molecule has 0 saturated carbocycles. The largest absolute Gasteiger partial charge is 0.481 e. The molecule has 0 radical (unpaired) electrons. The Balaban J connectivity index is 0. The molecule has 0 amide bonds. The molecule has 156 valence electrons. The van der Waals surface area contributed by atoms with Crippen molar-refractivity contribution < 1.29 is 34.3 Å². The monoisotopic (exact) mass is 396 g/mol. The fraction of sp³-hybridized carbons (Fsp3) is 0.833. The Kier molecular flexibility index (Phi) is 20.2. The maximum atomic E-state index is 10.3. The van der Waals surface area contributed by atoms with Crippen molar-refractivity contribution in [1.29, 1.82) is 0 Å². The summed E-state index contributed by atoms with van der Waals surface area (Å²) in [7, 11) is -4.64. The van der Waals surface area contributed by atoms with Crippen LogP contribution in [0.4, 0.5) is 0 Å². The summed E-state index contributed by atoms with van der Waals surface area (Å²) in [4.78, 5) is 31.9. The van der Waals surface area contributed by atoms with E-state index in [1.54, 1.807) is 0 Å². The minimum Gasteiger partial charge on any atom is -0.481 e. The zero-order chi connectivity index (χ0) is 20.3. The lowest BCUT2D eigenvalue weighted by molar-refractivity contribution is -0.137. The van der Waals surface area contributed by atoms with Gasteiger partial charge in [-0.25, -0.2) is 4.57 Å². The van der Waals surface area contributed by atoms with Crippen molar-refractivity contribution in [2.45, 2.75) is 96.5 Å². The maximum absolute atomic E-state index is 10.3. The Morgan fingerprint density at radius 3 is 2.04 bits per heavy atom. The van der Waals surface area contributed by atoms with E-state index in [-0.39, 0.29) is 6.10 Å². The standard InChI is InChI=1S/C18H34O3.H3O4P/c1-2-3-4-11-14-17(19)15-12-9-7-5-6-8-10-13-16-18(20)21;1-5(2,3)4/h9,12,17,19H,2-8,10-11,13-16H2,1H3,(H,20,21);(H3,1,2,3,4)/b12-9-;/t17-;/m1./s1. The fourth-order valence-electron chi connectivity index (χ4n) is 2.36. The van der Waals surface area contributed by atoms with E-state index in [4.69, 9.17) is 24.4 Å². The average molecular weight is 396 g/mol. The number of carboxylic acid groups (broad SMARTS) is 1. The number of allylic oxidation sites excluding steroid dienone is 1. The van der Waals surface area contributed by atoms with Crippen LogP contribution in [0.25, 0.3) is 0 Å².